The Kier molecular flexibility index (Phi) is 6.29. The minimum Gasteiger partial charge on any atom is -0.567 e. The average Bonchev–Trinajstić information content (AvgIpc) is 1.19. The zero-order valence-electron chi connectivity index (χ0n) is 6.16. The molecule has 0 aromatic heterocycles. The Labute approximate surface area is 56.3 Å². The molecule has 1 atom stereocenters. The Morgan fingerprint density at radius 1 is 1.33 bits per heavy atom. The minimum absolute atomic E-state index is 1.00. The largest absolute Gasteiger partial charge is 0.567 e. The molecule has 0 fully saturated rings. The smallest absolute Gasteiger partial charge is 0.485 e. The van der Waals surface area contributed by atoms with Crippen LogP contribution in [0.5, 0.6) is 0 Å². The van der Waals surface area contributed by atoms with Crippen LogP contribution in [-0.2, 0) is 4.57 Å². The molecule has 0 rings (SSSR count). The Bertz CT molecular complexity index is 78.3. The lowest BCUT2D eigenvalue weighted by Gasteiger charge is -2.14. The fraction of sp³-hybridized carbons (Fsp3) is 1.00. The summed E-state index contributed by atoms with van der Waals surface area (Å²) in [6.07, 6.45) is 0. The summed E-state index contributed by atoms with van der Waals surface area (Å²) >= 11 is 0. The quantitative estimate of drug-likeness (QED) is 0.371. The molecular weight excluding hydrogens is 141 g/mol. The molecule has 0 amide bonds. The van der Waals surface area contributed by atoms with Gasteiger partial charge in [0.05, 0.1) is 28.2 Å². The van der Waals surface area contributed by atoms with Gasteiger partial charge in [-0.25, -0.2) is 0 Å². The summed E-state index contributed by atoms with van der Waals surface area (Å²) < 4.78 is 9.59. The maximum absolute atomic E-state index is 8.59. The lowest BCUT2D eigenvalue weighted by Crippen LogP contribution is -2.27. The van der Waals surface area contributed by atoms with Crippen molar-refractivity contribution in [2.24, 2.45) is 0 Å². The van der Waals surface area contributed by atoms with Gasteiger partial charge in [-0.1, -0.05) is 0 Å². The van der Waals surface area contributed by atoms with Crippen LogP contribution in [0.25, 0.3) is 0 Å². The van der Waals surface area contributed by atoms with E-state index in [1.165, 1.54) is 0 Å². The van der Waals surface area contributed by atoms with Crippen LogP contribution in [0.15, 0.2) is 0 Å². The zero-order valence-corrected chi connectivity index (χ0v) is 7.05. The van der Waals surface area contributed by atoms with Gasteiger partial charge in [0, 0.05) is 0 Å². The van der Waals surface area contributed by atoms with E-state index in [-0.39, 0.29) is 0 Å². The van der Waals surface area contributed by atoms with Crippen LogP contribution in [0.4, 0.5) is 0 Å². The van der Waals surface area contributed by atoms with Gasteiger partial charge in [-0.05, 0) is 4.57 Å². The molecule has 0 bridgehead atoms. The van der Waals surface area contributed by atoms with Crippen LogP contribution in [-0.4, -0.2) is 37.6 Å². The summed E-state index contributed by atoms with van der Waals surface area (Å²) in [4.78, 5) is 15.6. The minimum atomic E-state index is -3.12. The zero-order chi connectivity index (χ0) is 8.08. The lowest BCUT2D eigenvalue weighted by atomic mass is 10.8. The first-order chi connectivity index (χ1) is 3.73. The van der Waals surface area contributed by atoms with Crippen molar-refractivity contribution < 1.29 is 18.8 Å². The molecule has 5 heteroatoms. The summed E-state index contributed by atoms with van der Waals surface area (Å²) in [7, 11) is 5.38. The van der Waals surface area contributed by atoms with Gasteiger partial charge in [-0.15, -0.1) is 0 Å². The van der Waals surface area contributed by atoms with Crippen molar-refractivity contribution in [1.82, 2.24) is 0 Å². The van der Waals surface area contributed by atoms with E-state index in [4.69, 9.17) is 14.4 Å². The predicted octanol–water partition coefficient (Wildman–Crippen LogP) is -0.681. The van der Waals surface area contributed by atoms with Crippen LogP contribution in [0.2, 0.25) is 0 Å². The highest BCUT2D eigenvalue weighted by molar-refractivity contribution is 7.29. The third-order valence-electron chi connectivity index (χ3n) is 0. The number of hydrogen-bond acceptors (Lipinski definition) is 2. The van der Waals surface area contributed by atoms with Crippen LogP contribution in [0.1, 0.15) is 0 Å². The molecule has 9 heavy (non-hydrogen) atoms. The summed E-state index contributed by atoms with van der Waals surface area (Å²) in [5.41, 5.74) is 0. The first kappa shape index (κ1) is 11.7. The van der Waals surface area contributed by atoms with Crippen LogP contribution >= 0.6 is 8.25 Å². The van der Waals surface area contributed by atoms with Crippen molar-refractivity contribution in [2.75, 3.05) is 28.2 Å². The van der Waals surface area contributed by atoms with Crippen LogP contribution < -0.4 is 4.89 Å². The highest BCUT2D eigenvalue weighted by Gasteiger charge is 1.88. The predicted molar refractivity (Wildman–Crippen MR) is 33.8 cm³/mol. The summed E-state index contributed by atoms with van der Waals surface area (Å²) in [5.74, 6) is 0. The van der Waals surface area contributed by atoms with Crippen molar-refractivity contribution in [3.8, 4) is 0 Å². The van der Waals surface area contributed by atoms with Crippen molar-refractivity contribution in [3.05, 3.63) is 0 Å². The summed E-state index contributed by atoms with van der Waals surface area (Å²) in [6.45, 7) is 0. The second kappa shape index (κ2) is 4.82. The van der Waals surface area contributed by atoms with E-state index < -0.39 is 8.25 Å². The fourth-order valence-corrected chi connectivity index (χ4v) is 0. The number of quaternary nitrogens is 1. The average molecular weight is 154 g/mol. The molecule has 0 aromatic carbocycles. The van der Waals surface area contributed by atoms with E-state index in [2.05, 4.69) is 28.2 Å². The topological polar surface area (TPSA) is 60.4 Å². The summed E-state index contributed by atoms with van der Waals surface area (Å²) in [6, 6.07) is 0. The van der Waals surface area contributed by atoms with Crippen molar-refractivity contribution in [2.45, 2.75) is 0 Å². The molecule has 0 aromatic rings. The molecule has 0 spiro atoms. The SMILES string of the molecule is C[N+](C)(C)C.O=[P+]([O-])O. The van der Waals surface area contributed by atoms with Gasteiger partial charge in [-0.3, -0.25) is 0 Å². The highest BCUT2D eigenvalue weighted by Crippen LogP contribution is 1.89. The Balaban J connectivity index is 0. The standard InChI is InChI=1S/C4H12N.HO3P/c1-5(2,3)4;1-4(2)3/h1-4H3;(H,1,2,3)/q+1;. The third kappa shape index (κ3) is 713000. The van der Waals surface area contributed by atoms with Crippen LogP contribution in [0.3, 0.4) is 0 Å². The van der Waals surface area contributed by atoms with E-state index in [0.29, 0.717) is 0 Å². The maximum atomic E-state index is 8.59. The van der Waals surface area contributed by atoms with E-state index >= 15 is 0 Å². The van der Waals surface area contributed by atoms with Gasteiger partial charge < -0.3 is 9.38 Å². The first-order valence-corrected chi connectivity index (χ1v) is 3.48. The van der Waals surface area contributed by atoms with E-state index in [1.54, 1.807) is 0 Å². The molecule has 0 heterocycles. The number of nitrogens with zero attached hydrogens (tertiary/aromatic N) is 1. The molecule has 1 unspecified atom stereocenters. The van der Waals surface area contributed by atoms with E-state index in [9.17, 15) is 0 Å². The molecule has 0 aliphatic carbocycles. The molecule has 0 aliphatic heterocycles. The second-order valence-corrected chi connectivity index (χ2v) is 3.40. The van der Waals surface area contributed by atoms with Crippen molar-refractivity contribution in [1.29, 1.82) is 0 Å². The molecule has 0 radical (unpaired) electrons. The Hall–Kier alpha value is -0.0200. The summed E-state index contributed by atoms with van der Waals surface area (Å²) in [5, 5.41) is 0. The number of hydrogen-bond donors (Lipinski definition) is 1. The van der Waals surface area contributed by atoms with E-state index in [1.807, 2.05) is 0 Å². The Morgan fingerprint density at radius 2 is 1.33 bits per heavy atom. The normalized spacial score (nSPS) is 11.6. The molecule has 0 saturated carbocycles. The molecule has 1 N–H and O–H groups in total. The third-order valence-corrected chi connectivity index (χ3v) is 0. The molecule has 0 aliphatic rings. The maximum Gasteiger partial charge on any atom is 0.485 e. The Morgan fingerprint density at radius 3 is 1.33 bits per heavy atom. The second-order valence-electron chi connectivity index (χ2n) is 2.92. The van der Waals surface area contributed by atoms with Gasteiger partial charge in [-0.2, -0.15) is 4.89 Å². The first-order valence-electron chi connectivity index (χ1n) is 2.35. The van der Waals surface area contributed by atoms with E-state index in [0.717, 1.165) is 4.48 Å². The fourth-order valence-electron chi connectivity index (χ4n) is 0. The lowest BCUT2D eigenvalue weighted by molar-refractivity contribution is -0.849. The van der Waals surface area contributed by atoms with Crippen LogP contribution in [0, 0.1) is 0 Å². The molecule has 0 saturated heterocycles. The highest BCUT2D eigenvalue weighted by atomic mass is 31.1. The molecule has 56 valence electrons. The monoisotopic (exact) mass is 154 g/mol. The van der Waals surface area contributed by atoms with Gasteiger partial charge in [0.25, 0.3) is 0 Å². The van der Waals surface area contributed by atoms with Gasteiger partial charge in [0.1, 0.15) is 0 Å². The van der Waals surface area contributed by atoms with Gasteiger partial charge >= 0.3 is 8.25 Å². The van der Waals surface area contributed by atoms with Gasteiger partial charge in [0.2, 0.25) is 0 Å². The van der Waals surface area contributed by atoms with Gasteiger partial charge in [0.15, 0.2) is 0 Å². The number of rotatable bonds is 0. The molecular formula is C4H13NO3P+. The van der Waals surface area contributed by atoms with Crippen molar-refractivity contribution >= 4 is 8.25 Å². The molecule has 4 nitrogen and oxygen atoms in total. The van der Waals surface area contributed by atoms with Crippen molar-refractivity contribution in [3.63, 3.8) is 0 Å².